The van der Waals surface area contributed by atoms with Gasteiger partial charge in [0.1, 0.15) is 11.5 Å². The number of nitrogens with one attached hydrogen (secondary N) is 1. The second kappa shape index (κ2) is 4.67. The first-order chi connectivity index (χ1) is 7.83. The summed E-state index contributed by atoms with van der Waals surface area (Å²) in [4.78, 5) is 4.24. The van der Waals surface area contributed by atoms with Crippen molar-refractivity contribution in [3.8, 4) is 17.4 Å². The third kappa shape index (κ3) is 2.14. The van der Waals surface area contributed by atoms with E-state index in [0.29, 0.717) is 30.4 Å². The third-order valence-electron chi connectivity index (χ3n) is 1.99. The summed E-state index contributed by atoms with van der Waals surface area (Å²) in [6.45, 7) is 0.531. The fourth-order valence-corrected chi connectivity index (χ4v) is 1.21. The Kier molecular flexibility index (Phi) is 3.06. The van der Waals surface area contributed by atoms with Gasteiger partial charge in [-0.3, -0.25) is 5.10 Å². The standard InChI is InChI=1S/C9H12N6O/c1-16-8-3-2-6(12-14-8)9-11-7(4-5-10)13-15-9/h2-3H,4-5,10H2,1H3,(H,11,13,15). The van der Waals surface area contributed by atoms with Crippen LogP contribution in [0.5, 0.6) is 5.88 Å². The zero-order valence-electron chi connectivity index (χ0n) is 8.84. The number of rotatable bonds is 4. The fourth-order valence-electron chi connectivity index (χ4n) is 1.21. The molecule has 0 fully saturated rings. The predicted molar refractivity (Wildman–Crippen MR) is 56.7 cm³/mol. The van der Waals surface area contributed by atoms with Crippen LogP contribution < -0.4 is 10.5 Å². The summed E-state index contributed by atoms with van der Waals surface area (Å²) in [6.07, 6.45) is 0.663. The Morgan fingerprint density at radius 2 is 2.25 bits per heavy atom. The van der Waals surface area contributed by atoms with Crippen LogP contribution in [0.1, 0.15) is 5.82 Å². The van der Waals surface area contributed by atoms with E-state index >= 15 is 0 Å². The molecule has 0 aliphatic carbocycles. The lowest BCUT2D eigenvalue weighted by Crippen LogP contribution is -2.03. The van der Waals surface area contributed by atoms with Crippen molar-refractivity contribution in [2.24, 2.45) is 5.73 Å². The van der Waals surface area contributed by atoms with E-state index in [1.807, 2.05) is 0 Å². The lowest BCUT2D eigenvalue weighted by atomic mass is 10.3. The van der Waals surface area contributed by atoms with Crippen LogP contribution in [0.3, 0.4) is 0 Å². The molecule has 2 rings (SSSR count). The number of ether oxygens (including phenoxy) is 1. The van der Waals surface area contributed by atoms with E-state index in [2.05, 4.69) is 25.4 Å². The molecule has 0 aliphatic heterocycles. The Balaban J connectivity index is 2.21. The topological polar surface area (TPSA) is 103 Å². The van der Waals surface area contributed by atoms with E-state index in [1.165, 1.54) is 7.11 Å². The second-order valence-corrected chi connectivity index (χ2v) is 3.11. The molecule has 0 saturated carbocycles. The number of aromatic amines is 1. The van der Waals surface area contributed by atoms with Crippen molar-refractivity contribution in [2.45, 2.75) is 6.42 Å². The molecule has 2 heterocycles. The molecule has 0 radical (unpaired) electrons. The summed E-state index contributed by atoms with van der Waals surface area (Å²) in [7, 11) is 1.54. The molecule has 84 valence electrons. The summed E-state index contributed by atoms with van der Waals surface area (Å²) in [5, 5.41) is 14.6. The second-order valence-electron chi connectivity index (χ2n) is 3.11. The highest BCUT2D eigenvalue weighted by atomic mass is 16.5. The maximum atomic E-state index is 5.41. The van der Waals surface area contributed by atoms with Gasteiger partial charge in [0.25, 0.3) is 0 Å². The van der Waals surface area contributed by atoms with Gasteiger partial charge in [0.15, 0.2) is 0 Å². The number of methoxy groups -OCH3 is 1. The Bertz CT molecular complexity index is 451. The first kappa shape index (κ1) is 10.5. The largest absolute Gasteiger partial charge is 0.480 e. The van der Waals surface area contributed by atoms with Crippen LogP contribution >= 0.6 is 0 Å². The molecule has 0 amide bonds. The summed E-state index contributed by atoms with van der Waals surface area (Å²) >= 11 is 0. The molecule has 16 heavy (non-hydrogen) atoms. The minimum atomic E-state index is 0.460. The van der Waals surface area contributed by atoms with Crippen molar-refractivity contribution in [1.29, 1.82) is 0 Å². The summed E-state index contributed by atoms with van der Waals surface area (Å²) < 4.78 is 4.91. The van der Waals surface area contributed by atoms with Gasteiger partial charge >= 0.3 is 0 Å². The first-order valence-electron chi connectivity index (χ1n) is 4.83. The lowest BCUT2D eigenvalue weighted by molar-refractivity contribution is 0.392. The number of hydrogen-bond acceptors (Lipinski definition) is 6. The van der Waals surface area contributed by atoms with Gasteiger partial charge in [-0.05, 0) is 12.6 Å². The molecule has 0 aliphatic rings. The van der Waals surface area contributed by atoms with Crippen LogP contribution in [-0.4, -0.2) is 39.0 Å². The summed E-state index contributed by atoms with van der Waals surface area (Å²) in [5.41, 5.74) is 6.01. The van der Waals surface area contributed by atoms with Crippen LogP contribution in [0, 0.1) is 0 Å². The lowest BCUT2D eigenvalue weighted by Gasteiger charge is -1.96. The molecule has 2 aromatic heterocycles. The van der Waals surface area contributed by atoms with Gasteiger partial charge in [-0.2, -0.15) is 5.10 Å². The van der Waals surface area contributed by atoms with E-state index in [1.54, 1.807) is 12.1 Å². The molecular weight excluding hydrogens is 208 g/mol. The van der Waals surface area contributed by atoms with E-state index in [-0.39, 0.29) is 0 Å². The first-order valence-corrected chi connectivity index (χ1v) is 4.83. The zero-order chi connectivity index (χ0) is 11.4. The normalized spacial score (nSPS) is 10.4. The van der Waals surface area contributed by atoms with E-state index in [0.717, 1.165) is 5.82 Å². The molecule has 2 aromatic rings. The zero-order valence-corrected chi connectivity index (χ0v) is 8.84. The van der Waals surface area contributed by atoms with Gasteiger partial charge in [-0.1, -0.05) is 0 Å². The van der Waals surface area contributed by atoms with Gasteiger partial charge in [-0.15, -0.1) is 10.2 Å². The Hall–Kier alpha value is -2.02. The van der Waals surface area contributed by atoms with E-state index in [9.17, 15) is 0 Å². The Labute approximate surface area is 92.1 Å². The highest BCUT2D eigenvalue weighted by molar-refractivity contribution is 5.47. The minimum absolute atomic E-state index is 0.460. The average Bonchev–Trinajstić information content (AvgIpc) is 2.78. The summed E-state index contributed by atoms with van der Waals surface area (Å²) in [6, 6.07) is 3.46. The number of hydrogen-bond donors (Lipinski definition) is 2. The van der Waals surface area contributed by atoms with Gasteiger partial charge < -0.3 is 10.5 Å². The van der Waals surface area contributed by atoms with Gasteiger partial charge in [0.2, 0.25) is 11.7 Å². The maximum absolute atomic E-state index is 5.41. The quantitative estimate of drug-likeness (QED) is 0.737. The minimum Gasteiger partial charge on any atom is -0.480 e. The van der Waals surface area contributed by atoms with Gasteiger partial charge in [0, 0.05) is 12.5 Å². The maximum Gasteiger partial charge on any atom is 0.233 e. The van der Waals surface area contributed by atoms with Crippen LogP contribution in [0.4, 0.5) is 0 Å². The van der Waals surface area contributed by atoms with Gasteiger partial charge in [0.05, 0.1) is 7.11 Å². The SMILES string of the molecule is COc1ccc(-c2n[nH]c(CCN)n2)nn1. The van der Waals surface area contributed by atoms with Crippen molar-refractivity contribution in [3.63, 3.8) is 0 Å². The molecule has 7 nitrogen and oxygen atoms in total. The van der Waals surface area contributed by atoms with Gasteiger partial charge in [-0.25, -0.2) is 4.98 Å². The highest BCUT2D eigenvalue weighted by Gasteiger charge is 2.07. The molecule has 0 bridgehead atoms. The van der Waals surface area contributed by atoms with Crippen LogP contribution in [0.15, 0.2) is 12.1 Å². The van der Waals surface area contributed by atoms with Crippen molar-refractivity contribution >= 4 is 0 Å². The smallest absolute Gasteiger partial charge is 0.233 e. The van der Waals surface area contributed by atoms with Crippen molar-refractivity contribution < 1.29 is 4.74 Å². The monoisotopic (exact) mass is 220 g/mol. The molecule has 0 aromatic carbocycles. The number of nitrogens with zero attached hydrogens (tertiary/aromatic N) is 4. The summed E-state index contributed by atoms with van der Waals surface area (Å²) in [5.74, 6) is 1.72. The molecule has 3 N–H and O–H groups in total. The van der Waals surface area contributed by atoms with Crippen LogP contribution in [0.2, 0.25) is 0 Å². The molecule has 0 spiro atoms. The van der Waals surface area contributed by atoms with E-state index < -0.39 is 0 Å². The predicted octanol–water partition coefficient (Wildman–Crippen LogP) is -0.229. The Morgan fingerprint density at radius 1 is 1.38 bits per heavy atom. The molecule has 0 unspecified atom stereocenters. The van der Waals surface area contributed by atoms with Crippen molar-refractivity contribution in [3.05, 3.63) is 18.0 Å². The van der Waals surface area contributed by atoms with Crippen molar-refractivity contribution in [2.75, 3.05) is 13.7 Å². The van der Waals surface area contributed by atoms with Crippen LogP contribution in [0.25, 0.3) is 11.5 Å². The molecule has 7 heteroatoms. The molecule has 0 saturated heterocycles. The molecule has 0 atom stereocenters. The van der Waals surface area contributed by atoms with Crippen molar-refractivity contribution in [1.82, 2.24) is 25.4 Å². The number of H-pyrrole nitrogens is 1. The van der Waals surface area contributed by atoms with E-state index in [4.69, 9.17) is 10.5 Å². The van der Waals surface area contributed by atoms with Crippen LogP contribution in [-0.2, 0) is 6.42 Å². The number of nitrogens with two attached hydrogens (primary N) is 1. The molecular formula is C9H12N6O. The average molecular weight is 220 g/mol. The number of aromatic nitrogens is 5. The Morgan fingerprint density at radius 3 is 2.88 bits per heavy atom. The third-order valence-corrected chi connectivity index (χ3v) is 1.99. The highest BCUT2D eigenvalue weighted by Crippen LogP contribution is 2.12. The fraction of sp³-hybridized carbons (Fsp3) is 0.333.